The summed E-state index contributed by atoms with van der Waals surface area (Å²) in [4.78, 5) is 14.1. The summed E-state index contributed by atoms with van der Waals surface area (Å²) in [6.45, 7) is 1.96. The number of halogens is 3. The third kappa shape index (κ3) is 3.66. The van der Waals surface area contributed by atoms with Gasteiger partial charge in [0.25, 0.3) is 0 Å². The van der Waals surface area contributed by atoms with Crippen molar-refractivity contribution >= 4 is 5.91 Å². The Kier molecular flexibility index (Phi) is 4.46. The van der Waals surface area contributed by atoms with Crippen LogP contribution in [0, 0.1) is 11.3 Å². The minimum atomic E-state index is -4.74. The molecule has 0 bridgehead atoms. The number of alkyl halides is 3. The molecule has 1 saturated heterocycles. The first kappa shape index (κ1) is 17.1. The maximum atomic E-state index is 12.6. The molecule has 1 amide bonds. The predicted octanol–water partition coefficient (Wildman–Crippen LogP) is 2.93. The maximum absolute atomic E-state index is 12.6. The second kappa shape index (κ2) is 6.27. The van der Waals surface area contributed by atoms with Crippen molar-refractivity contribution in [2.45, 2.75) is 32.2 Å². The second-order valence-electron chi connectivity index (χ2n) is 6.72. The maximum Gasteiger partial charge on any atom is 0.573 e. The van der Waals surface area contributed by atoms with Crippen LogP contribution in [0.3, 0.4) is 0 Å². The van der Waals surface area contributed by atoms with Crippen molar-refractivity contribution in [3.8, 4) is 5.75 Å². The first-order chi connectivity index (χ1) is 11.3. The number of hydrogen-bond acceptors (Lipinski definition) is 3. The van der Waals surface area contributed by atoms with Gasteiger partial charge in [-0.2, -0.15) is 0 Å². The molecule has 24 heavy (non-hydrogen) atoms. The summed E-state index contributed by atoms with van der Waals surface area (Å²) in [5.74, 6) is -0.240. The van der Waals surface area contributed by atoms with E-state index in [2.05, 4.69) is 10.1 Å². The highest BCUT2D eigenvalue weighted by Gasteiger charge is 2.58. The number of nitrogens with one attached hydrogen (secondary N) is 1. The zero-order chi connectivity index (χ0) is 17.4. The Morgan fingerprint density at radius 3 is 2.67 bits per heavy atom. The Hall–Kier alpha value is -1.76. The lowest BCUT2D eigenvalue weighted by Crippen LogP contribution is -2.34. The molecular formula is C17H21F3N2O2. The van der Waals surface area contributed by atoms with Crippen molar-refractivity contribution in [2.24, 2.45) is 11.3 Å². The molecule has 2 fully saturated rings. The molecular weight excluding hydrogens is 321 g/mol. The van der Waals surface area contributed by atoms with Crippen molar-refractivity contribution in [2.75, 3.05) is 20.1 Å². The Balaban J connectivity index is 1.65. The number of piperidine rings is 1. The quantitative estimate of drug-likeness (QED) is 0.915. The van der Waals surface area contributed by atoms with Crippen LogP contribution < -0.4 is 10.1 Å². The predicted molar refractivity (Wildman–Crippen MR) is 82.2 cm³/mol. The van der Waals surface area contributed by atoms with E-state index in [1.807, 2.05) is 0 Å². The van der Waals surface area contributed by atoms with Crippen LogP contribution in [0.25, 0.3) is 0 Å². The van der Waals surface area contributed by atoms with Gasteiger partial charge < -0.3 is 15.0 Å². The fraction of sp³-hybridized carbons (Fsp3) is 0.588. The Morgan fingerprint density at radius 1 is 1.33 bits per heavy atom. The summed E-state index contributed by atoms with van der Waals surface area (Å²) in [7, 11) is 1.64. The van der Waals surface area contributed by atoms with Gasteiger partial charge in [-0.05, 0) is 43.8 Å². The van der Waals surface area contributed by atoms with Gasteiger partial charge in [0, 0.05) is 25.1 Å². The number of nitrogens with zero attached hydrogens (tertiary/aromatic N) is 1. The molecule has 1 heterocycles. The van der Waals surface area contributed by atoms with Crippen LogP contribution in [0.15, 0.2) is 24.3 Å². The average Bonchev–Trinajstić information content (AvgIpc) is 3.20. The molecule has 1 spiro atoms. The molecule has 1 aliphatic heterocycles. The number of hydrogen-bond donors (Lipinski definition) is 1. The molecule has 1 unspecified atom stereocenters. The van der Waals surface area contributed by atoms with Gasteiger partial charge in [-0.25, -0.2) is 0 Å². The van der Waals surface area contributed by atoms with Gasteiger partial charge in [0.1, 0.15) is 5.75 Å². The third-order valence-corrected chi connectivity index (χ3v) is 5.07. The van der Waals surface area contributed by atoms with E-state index in [0.717, 1.165) is 32.4 Å². The van der Waals surface area contributed by atoms with Gasteiger partial charge in [-0.15, -0.1) is 13.2 Å². The summed E-state index contributed by atoms with van der Waals surface area (Å²) < 4.78 is 41.5. The molecule has 1 N–H and O–H groups in total. The van der Waals surface area contributed by atoms with Gasteiger partial charge >= 0.3 is 6.36 Å². The van der Waals surface area contributed by atoms with E-state index >= 15 is 0 Å². The van der Waals surface area contributed by atoms with E-state index in [9.17, 15) is 18.0 Å². The number of ether oxygens (including phenoxy) is 1. The summed E-state index contributed by atoms with van der Waals surface area (Å²) >= 11 is 0. The lowest BCUT2D eigenvalue weighted by atomic mass is 9.91. The van der Waals surface area contributed by atoms with Crippen molar-refractivity contribution < 1.29 is 22.7 Å². The molecule has 3 rings (SSSR count). The molecule has 1 aliphatic carbocycles. The molecule has 7 heteroatoms. The summed E-state index contributed by atoms with van der Waals surface area (Å²) in [6, 6.07) is 5.95. The number of amides is 1. The fourth-order valence-corrected chi connectivity index (χ4v) is 3.63. The van der Waals surface area contributed by atoms with Crippen molar-refractivity contribution in [3.05, 3.63) is 29.8 Å². The third-order valence-electron chi connectivity index (χ3n) is 5.07. The summed E-state index contributed by atoms with van der Waals surface area (Å²) in [5.41, 5.74) is 0.462. The minimum absolute atomic E-state index is 0.000275. The lowest BCUT2D eigenvalue weighted by molar-refractivity contribution is -0.275. The van der Waals surface area contributed by atoms with Gasteiger partial charge in [0.2, 0.25) is 5.91 Å². The molecule has 1 aromatic carbocycles. The SMILES string of the molecule is CN(Cc1ccccc1OC(F)(F)F)C(=O)C1CC12CCNCC2. The van der Waals surface area contributed by atoms with E-state index in [-0.39, 0.29) is 29.5 Å². The number of para-hydroxylation sites is 1. The number of carbonyl (C=O) groups excluding carboxylic acids is 1. The number of carbonyl (C=O) groups is 1. The first-order valence-corrected chi connectivity index (χ1v) is 8.10. The molecule has 1 saturated carbocycles. The number of benzene rings is 1. The minimum Gasteiger partial charge on any atom is -0.405 e. The Morgan fingerprint density at radius 2 is 2.00 bits per heavy atom. The van der Waals surface area contributed by atoms with E-state index < -0.39 is 6.36 Å². The lowest BCUT2D eigenvalue weighted by Gasteiger charge is -2.25. The smallest absolute Gasteiger partial charge is 0.405 e. The molecule has 0 aromatic heterocycles. The zero-order valence-corrected chi connectivity index (χ0v) is 13.5. The van der Waals surface area contributed by atoms with Crippen LogP contribution in [-0.2, 0) is 11.3 Å². The Labute approximate surface area is 139 Å². The van der Waals surface area contributed by atoms with Crippen molar-refractivity contribution in [3.63, 3.8) is 0 Å². The van der Waals surface area contributed by atoms with Crippen LogP contribution in [-0.4, -0.2) is 37.3 Å². The first-order valence-electron chi connectivity index (χ1n) is 8.10. The monoisotopic (exact) mass is 342 g/mol. The van der Waals surface area contributed by atoms with Crippen LogP contribution >= 0.6 is 0 Å². The molecule has 0 radical (unpaired) electrons. The fourth-order valence-electron chi connectivity index (χ4n) is 3.63. The number of rotatable bonds is 4. The second-order valence-corrected chi connectivity index (χ2v) is 6.72. The summed E-state index contributed by atoms with van der Waals surface area (Å²) in [6.07, 6.45) is -1.87. The largest absolute Gasteiger partial charge is 0.573 e. The highest BCUT2D eigenvalue weighted by Crippen LogP contribution is 2.59. The highest BCUT2D eigenvalue weighted by molar-refractivity contribution is 5.82. The average molecular weight is 342 g/mol. The van der Waals surface area contributed by atoms with Gasteiger partial charge in [0.15, 0.2) is 0 Å². The highest BCUT2D eigenvalue weighted by atomic mass is 19.4. The topological polar surface area (TPSA) is 41.6 Å². The zero-order valence-electron chi connectivity index (χ0n) is 13.5. The van der Waals surface area contributed by atoms with Crippen molar-refractivity contribution in [1.29, 1.82) is 0 Å². The van der Waals surface area contributed by atoms with E-state index in [4.69, 9.17) is 0 Å². The van der Waals surface area contributed by atoms with Crippen LogP contribution in [0.4, 0.5) is 13.2 Å². The van der Waals surface area contributed by atoms with Gasteiger partial charge in [-0.3, -0.25) is 4.79 Å². The molecule has 1 aromatic rings. The van der Waals surface area contributed by atoms with Crippen LogP contribution in [0.2, 0.25) is 0 Å². The van der Waals surface area contributed by atoms with Crippen molar-refractivity contribution in [1.82, 2.24) is 10.2 Å². The molecule has 132 valence electrons. The van der Waals surface area contributed by atoms with E-state index in [0.29, 0.717) is 5.56 Å². The van der Waals surface area contributed by atoms with E-state index in [1.54, 1.807) is 19.2 Å². The molecule has 2 aliphatic rings. The molecule has 4 nitrogen and oxygen atoms in total. The van der Waals surface area contributed by atoms with Gasteiger partial charge in [0.05, 0.1) is 0 Å². The van der Waals surface area contributed by atoms with Gasteiger partial charge in [-0.1, -0.05) is 18.2 Å². The van der Waals surface area contributed by atoms with Crippen LogP contribution in [0.5, 0.6) is 5.75 Å². The molecule has 1 atom stereocenters. The van der Waals surface area contributed by atoms with E-state index in [1.165, 1.54) is 17.0 Å². The van der Waals surface area contributed by atoms with Crippen LogP contribution in [0.1, 0.15) is 24.8 Å². The standard InChI is InChI=1S/C17H21F3N2O2/c1-22(15(23)13-10-16(13)6-8-21-9-7-16)11-12-4-2-3-5-14(12)24-17(18,19)20/h2-5,13,21H,6-11H2,1H3. The Bertz CT molecular complexity index is 612. The summed E-state index contributed by atoms with van der Waals surface area (Å²) in [5, 5.41) is 3.29. The normalized spacial score (nSPS) is 22.2.